The summed E-state index contributed by atoms with van der Waals surface area (Å²) in [4.78, 5) is 4.33. The van der Waals surface area contributed by atoms with Gasteiger partial charge in [0.25, 0.3) is 0 Å². The van der Waals surface area contributed by atoms with Crippen LogP contribution in [0.25, 0.3) is 11.4 Å². The number of hydrogen-bond acceptors (Lipinski definition) is 5. The standard InChI is InChI=1S/C13H17N3O2.ClH/c1-8(2)11(14)13-15-12(16-18-13)9-6-4-5-7-10(9)17-3;/h4-8,11H,14H2,1-3H3;1H/t11-;/m1./s1. The van der Waals surface area contributed by atoms with Gasteiger partial charge in [-0.2, -0.15) is 4.98 Å². The van der Waals surface area contributed by atoms with E-state index in [1.807, 2.05) is 38.1 Å². The fourth-order valence-corrected chi connectivity index (χ4v) is 1.59. The van der Waals surface area contributed by atoms with E-state index >= 15 is 0 Å². The van der Waals surface area contributed by atoms with Gasteiger partial charge < -0.3 is 15.0 Å². The molecule has 1 aromatic heterocycles. The summed E-state index contributed by atoms with van der Waals surface area (Å²) in [6.45, 7) is 4.02. The minimum atomic E-state index is -0.249. The van der Waals surface area contributed by atoms with Gasteiger partial charge in [0.05, 0.1) is 18.7 Å². The molecule has 0 aliphatic heterocycles. The number of benzene rings is 1. The van der Waals surface area contributed by atoms with Crippen LogP contribution < -0.4 is 10.5 Å². The van der Waals surface area contributed by atoms with Gasteiger partial charge in [0.2, 0.25) is 11.7 Å². The third-order valence-electron chi connectivity index (χ3n) is 2.79. The van der Waals surface area contributed by atoms with Gasteiger partial charge in [-0.15, -0.1) is 12.4 Å². The number of methoxy groups -OCH3 is 1. The number of nitrogens with two attached hydrogens (primary N) is 1. The van der Waals surface area contributed by atoms with Crippen molar-refractivity contribution in [1.29, 1.82) is 0 Å². The first kappa shape index (κ1) is 15.5. The topological polar surface area (TPSA) is 74.2 Å². The highest BCUT2D eigenvalue weighted by Crippen LogP contribution is 2.28. The predicted molar refractivity (Wildman–Crippen MR) is 75.3 cm³/mol. The summed E-state index contributed by atoms with van der Waals surface area (Å²) in [6.07, 6.45) is 0. The Hall–Kier alpha value is -1.59. The lowest BCUT2D eigenvalue weighted by atomic mass is 10.1. The van der Waals surface area contributed by atoms with Crippen molar-refractivity contribution in [2.75, 3.05) is 7.11 Å². The second-order valence-corrected chi connectivity index (χ2v) is 4.43. The lowest BCUT2D eigenvalue weighted by Crippen LogP contribution is -2.16. The van der Waals surface area contributed by atoms with Crippen molar-refractivity contribution in [2.45, 2.75) is 19.9 Å². The summed E-state index contributed by atoms with van der Waals surface area (Å²) in [5, 5.41) is 3.95. The first-order valence-electron chi connectivity index (χ1n) is 5.86. The molecule has 1 aromatic carbocycles. The lowest BCUT2D eigenvalue weighted by Gasteiger charge is -2.09. The van der Waals surface area contributed by atoms with E-state index in [2.05, 4.69) is 10.1 Å². The van der Waals surface area contributed by atoms with E-state index in [9.17, 15) is 0 Å². The Morgan fingerprint density at radius 2 is 1.95 bits per heavy atom. The quantitative estimate of drug-likeness (QED) is 0.934. The Kier molecular flexibility index (Phi) is 5.32. The van der Waals surface area contributed by atoms with Crippen molar-refractivity contribution < 1.29 is 9.26 Å². The van der Waals surface area contributed by atoms with Crippen molar-refractivity contribution in [3.05, 3.63) is 30.2 Å². The van der Waals surface area contributed by atoms with Crippen molar-refractivity contribution >= 4 is 12.4 Å². The largest absolute Gasteiger partial charge is 0.496 e. The fraction of sp³-hybridized carbons (Fsp3) is 0.385. The summed E-state index contributed by atoms with van der Waals surface area (Å²) in [7, 11) is 1.61. The molecule has 0 bridgehead atoms. The smallest absolute Gasteiger partial charge is 0.244 e. The third-order valence-corrected chi connectivity index (χ3v) is 2.79. The molecule has 19 heavy (non-hydrogen) atoms. The predicted octanol–water partition coefficient (Wildman–Crippen LogP) is 2.82. The van der Waals surface area contributed by atoms with Crippen LogP contribution in [0.4, 0.5) is 0 Å². The maximum atomic E-state index is 5.97. The van der Waals surface area contributed by atoms with Crippen LogP contribution in [-0.4, -0.2) is 17.3 Å². The zero-order valence-corrected chi connectivity index (χ0v) is 12.0. The van der Waals surface area contributed by atoms with E-state index in [-0.39, 0.29) is 24.4 Å². The van der Waals surface area contributed by atoms with E-state index in [0.29, 0.717) is 17.5 Å². The normalized spacial score (nSPS) is 12.1. The first-order chi connectivity index (χ1) is 8.63. The van der Waals surface area contributed by atoms with Crippen molar-refractivity contribution in [2.24, 2.45) is 11.7 Å². The first-order valence-corrected chi connectivity index (χ1v) is 5.86. The molecule has 0 spiro atoms. The Labute approximate surface area is 118 Å². The van der Waals surface area contributed by atoms with E-state index in [1.54, 1.807) is 7.11 Å². The number of aromatic nitrogens is 2. The Balaban J connectivity index is 0.00000180. The van der Waals surface area contributed by atoms with Gasteiger partial charge in [0, 0.05) is 0 Å². The fourth-order valence-electron chi connectivity index (χ4n) is 1.59. The molecule has 0 amide bonds. The molecule has 0 radical (unpaired) electrons. The maximum absolute atomic E-state index is 5.97. The Morgan fingerprint density at radius 3 is 2.58 bits per heavy atom. The highest BCUT2D eigenvalue weighted by molar-refractivity contribution is 5.85. The molecule has 1 atom stereocenters. The van der Waals surface area contributed by atoms with Gasteiger partial charge in [0.1, 0.15) is 5.75 Å². The molecule has 0 aliphatic rings. The maximum Gasteiger partial charge on any atom is 0.244 e. The van der Waals surface area contributed by atoms with E-state index in [0.717, 1.165) is 5.56 Å². The number of ether oxygens (including phenoxy) is 1. The summed E-state index contributed by atoms with van der Waals surface area (Å²) in [5.41, 5.74) is 6.77. The zero-order chi connectivity index (χ0) is 13.1. The van der Waals surface area contributed by atoms with Gasteiger partial charge in [-0.1, -0.05) is 31.1 Å². The molecule has 6 heteroatoms. The Morgan fingerprint density at radius 1 is 1.26 bits per heavy atom. The van der Waals surface area contributed by atoms with Crippen molar-refractivity contribution in [1.82, 2.24) is 10.1 Å². The SMILES string of the molecule is COc1ccccc1-c1noc([C@H](N)C(C)C)n1.Cl. The summed E-state index contributed by atoms with van der Waals surface area (Å²) < 4.78 is 10.5. The van der Waals surface area contributed by atoms with Crippen LogP contribution in [0.15, 0.2) is 28.8 Å². The van der Waals surface area contributed by atoms with Gasteiger partial charge in [-0.25, -0.2) is 0 Å². The monoisotopic (exact) mass is 283 g/mol. The molecule has 0 saturated heterocycles. The van der Waals surface area contributed by atoms with Crippen LogP contribution in [0.3, 0.4) is 0 Å². The highest BCUT2D eigenvalue weighted by Gasteiger charge is 2.19. The second kappa shape index (κ2) is 6.54. The van der Waals surface area contributed by atoms with Gasteiger partial charge in [-0.3, -0.25) is 0 Å². The van der Waals surface area contributed by atoms with Gasteiger partial charge in [0.15, 0.2) is 0 Å². The van der Waals surface area contributed by atoms with Crippen molar-refractivity contribution in [3.8, 4) is 17.1 Å². The van der Waals surface area contributed by atoms with E-state index in [4.69, 9.17) is 15.0 Å². The van der Waals surface area contributed by atoms with Gasteiger partial charge in [-0.05, 0) is 18.1 Å². The highest BCUT2D eigenvalue weighted by atomic mass is 35.5. The van der Waals surface area contributed by atoms with Crippen LogP contribution in [0, 0.1) is 5.92 Å². The van der Waals surface area contributed by atoms with Crippen LogP contribution in [0.5, 0.6) is 5.75 Å². The molecular formula is C13H18ClN3O2. The molecule has 0 aliphatic carbocycles. The molecule has 2 rings (SSSR count). The molecule has 2 aromatic rings. The van der Waals surface area contributed by atoms with Crippen LogP contribution >= 0.6 is 12.4 Å². The molecule has 1 heterocycles. The minimum Gasteiger partial charge on any atom is -0.496 e. The lowest BCUT2D eigenvalue weighted by molar-refractivity contribution is 0.325. The third kappa shape index (κ3) is 3.24. The molecule has 104 valence electrons. The summed E-state index contributed by atoms with van der Waals surface area (Å²) >= 11 is 0. The molecule has 0 saturated carbocycles. The van der Waals surface area contributed by atoms with Crippen LogP contribution in [-0.2, 0) is 0 Å². The summed E-state index contributed by atoms with van der Waals surface area (Å²) in [6, 6.07) is 7.28. The van der Waals surface area contributed by atoms with Gasteiger partial charge >= 0.3 is 0 Å². The number of halogens is 1. The van der Waals surface area contributed by atoms with E-state index in [1.165, 1.54) is 0 Å². The number of hydrogen-bond donors (Lipinski definition) is 1. The van der Waals surface area contributed by atoms with E-state index < -0.39 is 0 Å². The molecule has 0 fully saturated rings. The second-order valence-electron chi connectivity index (χ2n) is 4.43. The number of para-hydroxylation sites is 1. The number of rotatable bonds is 4. The average molecular weight is 284 g/mol. The molecule has 0 unspecified atom stereocenters. The minimum absolute atomic E-state index is 0. The zero-order valence-electron chi connectivity index (χ0n) is 11.2. The molecule has 5 nitrogen and oxygen atoms in total. The van der Waals surface area contributed by atoms with Crippen LogP contribution in [0.2, 0.25) is 0 Å². The average Bonchev–Trinajstić information content (AvgIpc) is 2.87. The Bertz CT molecular complexity index is 528. The van der Waals surface area contributed by atoms with Crippen molar-refractivity contribution in [3.63, 3.8) is 0 Å². The molecular weight excluding hydrogens is 266 g/mol. The number of nitrogens with zero attached hydrogens (tertiary/aromatic N) is 2. The van der Waals surface area contributed by atoms with Crippen LogP contribution in [0.1, 0.15) is 25.8 Å². The summed E-state index contributed by atoms with van der Waals surface area (Å²) in [5.74, 6) is 1.91. The molecule has 2 N–H and O–H groups in total.